The highest BCUT2D eigenvalue weighted by Crippen LogP contribution is 2.20. The number of aromatic nitrogens is 1. The van der Waals surface area contributed by atoms with Gasteiger partial charge in [0.25, 0.3) is 0 Å². The van der Waals surface area contributed by atoms with Crippen molar-refractivity contribution in [2.45, 2.75) is 34.2 Å². The smallest absolute Gasteiger partial charge is 0.183 e. The zero-order valence-corrected chi connectivity index (χ0v) is 12.1. The molecule has 0 unspecified atom stereocenters. The van der Waals surface area contributed by atoms with Crippen molar-refractivity contribution < 1.29 is 0 Å². The first-order valence-electron chi connectivity index (χ1n) is 5.80. The second kappa shape index (κ2) is 6.58. The minimum absolute atomic E-state index is 0.643. The van der Waals surface area contributed by atoms with Crippen molar-refractivity contribution in [2.24, 2.45) is 11.8 Å². The maximum Gasteiger partial charge on any atom is 0.183 e. The first-order chi connectivity index (χ1) is 7.47. The maximum atomic E-state index is 5.84. The lowest BCUT2D eigenvalue weighted by Gasteiger charge is -2.25. The van der Waals surface area contributed by atoms with Crippen LogP contribution in [0.5, 0.6) is 0 Å². The Morgan fingerprint density at radius 1 is 1.25 bits per heavy atom. The van der Waals surface area contributed by atoms with Crippen LogP contribution in [0.25, 0.3) is 0 Å². The van der Waals surface area contributed by atoms with Gasteiger partial charge in [0.2, 0.25) is 0 Å². The molecule has 0 fully saturated rings. The lowest BCUT2D eigenvalue weighted by atomic mass is 10.1. The molecule has 0 radical (unpaired) electrons. The minimum atomic E-state index is 0.643. The van der Waals surface area contributed by atoms with E-state index >= 15 is 0 Å². The summed E-state index contributed by atoms with van der Waals surface area (Å²) < 4.78 is 0.643. The summed E-state index contributed by atoms with van der Waals surface area (Å²) in [5.41, 5.74) is 0. The highest BCUT2D eigenvalue weighted by Gasteiger charge is 2.11. The summed E-state index contributed by atoms with van der Waals surface area (Å²) in [6.07, 6.45) is 1.89. The summed E-state index contributed by atoms with van der Waals surface area (Å²) >= 11 is 7.43. The molecule has 0 aromatic carbocycles. The van der Waals surface area contributed by atoms with Gasteiger partial charge < -0.3 is 0 Å². The van der Waals surface area contributed by atoms with Crippen LogP contribution in [-0.2, 0) is 6.54 Å². The van der Waals surface area contributed by atoms with Crippen molar-refractivity contribution in [1.29, 1.82) is 0 Å². The van der Waals surface area contributed by atoms with E-state index in [9.17, 15) is 0 Å². The second-order valence-corrected chi connectivity index (χ2v) is 6.76. The summed E-state index contributed by atoms with van der Waals surface area (Å²) in [4.78, 5) is 7.83. The van der Waals surface area contributed by atoms with E-state index in [4.69, 9.17) is 11.6 Å². The predicted octanol–water partition coefficient (Wildman–Crippen LogP) is 3.91. The molecule has 1 aromatic heterocycles. The average molecular weight is 261 g/mol. The van der Waals surface area contributed by atoms with Crippen LogP contribution in [0.15, 0.2) is 6.20 Å². The summed E-state index contributed by atoms with van der Waals surface area (Å²) in [6.45, 7) is 12.3. The van der Waals surface area contributed by atoms with Crippen LogP contribution in [-0.4, -0.2) is 23.0 Å². The molecule has 2 nitrogen and oxygen atoms in total. The van der Waals surface area contributed by atoms with Gasteiger partial charge in [-0.15, -0.1) is 11.3 Å². The fourth-order valence-electron chi connectivity index (χ4n) is 1.81. The van der Waals surface area contributed by atoms with Crippen molar-refractivity contribution in [2.75, 3.05) is 13.1 Å². The van der Waals surface area contributed by atoms with E-state index in [0.717, 1.165) is 19.6 Å². The first kappa shape index (κ1) is 13.9. The van der Waals surface area contributed by atoms with Crippen molar-refractivity contribution in [1.82, 2.24) is 9.88 Å². The molecular weight excluding hydrogens is 240 g/mol. The maximum absolute atomic E-state index is 5.84. The van der Waals surface area contributed by atoms with Crippen LogP contribution < -0.4 is 0 Å². The van der Waals surface area contributed by atoms with Crippen molar-refractivity contribution in [3.8, 4) is 0 Å². The molecule has 0 spiro atoms. The van der Waals surface area contributed by atoms with Crippen LogP contribution in [0.4, 0.5) is 0 Å². The third-order valence-corrected chi connectivity index (χ3v) is 3.25. The zero-order chi connectivity index (χ0) is 12.1. The molecule has 0 aliphatic carbocycles. The van der Waals surface area contributed by atoms with Gasteiger partial charge in [0.1, 0.15) is 0 Å². The van der Waals surface area contributed by atoms with E-state index < -0.39 is 0 Å². The molecular formula is C12H21ClN2S. The molecule has 0 aliphatic rings. The topological polar surface area (TPSA) is 16.1 Å². The van der Waals surface area contributed by atoms with Gasteiger partial charge in [-0.25, -0.2) is 4.98 Å². The SMILES string of the molecule is CC(C)CN(Cc1cnc(Cl)s1)CC(C)C. The van der Waals surface area contributed by atoms with E-state index in [1.54, 1.807) is 11.3 Å². The normalized spacial score (nSPS) is 12.0. The number of hydrogen-bond acceptors (Lipinski definition) is 3. The van der Waals surface area contributed by atoms with Gasteiger partial charge in [-0.1, -0.05) is 39.3 Å². The quantitative estimate of drug-likeness (QED) is 0.771. The Bertz CT molecular complexity index is 300. The van der Waals surface area contributed by atoms with Gasteiger partial charge in [0, 0.05) is 30.7 Å². The first-order valence-corrected chi connectivity index (χ1v) is 6.99. The average Bonchev–Trinajstić information content (AvgIpc) is 2.48. The van der Waals surface area contributed by atoms with E-state index in [1.165, 1.54) is 4.88 Å². The van der Waals surface area contributed by atoms with Crippen molar-refractivity contribution in [3.05, 3.63) is 15.5 Å². The van der Waals surface area contributed by atoms with E-state index in [1.807, 2.05) is 6.20 Å². The lowest BCUT2D eigenvalue weighted by Crippen LogP contribution is -2.30. The summed E-state index contributed by atoms with van der Waals surface area (Å²) in [7, 11) is 0. The standard InChI is InChI=1S/C12H21ClN2S/c1-9(2)6-15(7-10(3)4)8-11-5-14-12(13)16-11/h5,9-10H,6-8H2,1-4H3. The molecule has 4 heteroatoms. The van der Waals surface area contributed by atoms with Crippen molar-refractivity contribution in [3.63, 3.8) is 0 Å². The molecule has 1 aromatic rings. The van der Waals surface area contributed by atoms with Gasteiger partial charge in [-0.05, 0) is 11.8 Å². The van der Waals surface area contributed by atoms with Crippen LogP contribution >= 0.6 is 22.9 Å². The highest BCUT2D eigenvalue weighted by molar-refractivity contribution is 7.15. The Morgan fingerprint density at radius 3 is 2.19 bits per heavy atom. The zero-order valence-electron chi connectivity index (χ0n) is 10.5. The van der Waals surface area contributed by atoms with Gasteiger partial charge in [0.15, 0.2) is 4.47 Å². The number of thiazole rings is 1. The van der Waals surface area contributed by atoms with E-state index in [2.05, 4.69) is 37.6 Å². The fraction of sp³-hybridized carbons (Fsp3) is 0.750. The fourth-order valence-corrected chi connectivity index (χ4v) is 2.83. The number of rotatable bonds is 6. The van der Waals surface area contributed by atoms with Gasteiger partial charge >= 0.3 is 0 Å². The monoisotopic (exact) mass is 260 g/mol. The molecule has 92 valence electrons. The Balaban J connectivity index is 2.55. The van der Waals surface area contributed by atoms with Crippen LogP contribution in [0.2, 0.25) is 4.47 Å². The number of nitrogens with zero attached hydrogens (tertiary/aromatic N) is 2. The Kier molecular flexibility index (Phi) is 5.73. The molecule has 0 bridgehead atoms. The lowest BCUT2D eigenvalue weighted by molar-refractivity contribution is 0.213. The Hall–Kier alpha value is -0.120. The molecule has 16 heavy (non-hydrogen) atoms. The molecule has 0 saturated carbocycles. The summed E-state index contributed by atoms with van der Waals surface area (Å²) in [6, 6.07) is 0. The van der Waals surface area contributed by atoms with Gasteiger partial charge in [-0.2, -0.15) is 0 Å². The van der Waals surface area contributed by atoms with Crippen LogP contribution in [0, 0.1) is 11.8 Å². The number of halogens is 1. The Morgan fingerprint density at radius 2 is 1.81 bits per heavy atom. The molecule has 0 amide bonds. The van der Waals surface area contributed by atoms with Crippen molar-refractivity contribution >= 4 is 22.9 Å². The molecule has 1 rings (SSSR count). The van der Waals surface area contributed by atoms with E-state index in [-0.39, 0.29) is 0 Å². The molecule has 0 atom stereocenters. The predicted molar refractivity (Wildman–Crippen MR) is 72.1 cm³/mol. The minimum Gasteiger partial charge on any atom is -0.298 e. The molecule has 0 N–H and O–H groups in total. The van der Waals surface area contributed by atoms with Gasteiger partial charge in [0.05, 0.1) is 0 Å². The second-order valence-electron chi connectivity index (χ2n) is 5.06. The largest absolute Gasteiger partial charge is 0.298 e. The summed E-state index contributed by atoms with van der Waals surface area (Å²) in [5.74, 6) is 1.39. The number of hydrogen-bond donors (Lipinski definition) is 0. The van der Waals surface area contributed by atoms with E-state index in [0.29, 0.717) is 16.3 Å². The Labute approximate surface area is 108 Å². The third kappa shape index (κ3) is 5.28. The highest BCUT2D eigenvalue weighted by atomic mass is 35.5. The molecule has 1 heterocycles. The molecule has 0 saturated heterocycles. The summed E-state index contributed by atoms with van der Waals surface area (Å²) in [5, 5.41) is 0. The van der Waals surface area contributed by atoms with Gasteiger partial charge in [-0.3, -0.25) is 4.90 Å². The van der Waals surface area contributed by atoms with Crippen LogP contribution in [0.3, 0.4) is 0 Å². The van der Waals surface area contributed by atoms with Crippen LogP contribution in [0.1, 0.15) is 32.6 Å². The third-order valence-electron chi connectivity index (χ3n) is 2.15. The molecule has 0 aliphatic heterocycles.